The zero-order valence-corrected chi connectivity index (χ0v) is 40.3. The minimum atomic E-state index is -4.55. The highest BCUT2D eigenvalue weighted by Gasteiger charge is 2.62. The van der Waals surface area contributed by atoms with Gasteiger partial charge in [-0.2, -0.15) is 16.8 Å². The number of nitrogens with one attached hydrogen (secondary N) is 3. The quantitative estimate of drug-likeness (QED) is 0.167. The summed E-state index contributed by atoms with van der Waals surface area (Å²) in [7, 11) is -3.89. The van der Waals surface area contributed by atoms with Crippen molar-refractivity contribution in [2.75, 3.05) is 41.1 Å². The summed E-state index contributed by atoms with van der Waals surface area (Å²) in [6, 6.07) is 4.91. The van der Waals surface area contributed by atoms with Gasteiger partial charge in [0.1, 0.15) is 46.3 Å². The minimum Gasteiger partial charge on any atom is -0.497 e. The van der Waals surface area contributed by atoms with E-state index in [9.17, 15) is 36.0 Å². The SMILES string of the molecule is CC[C@@H]1C[C@]1(NC(=O)[C@@H]1C[C@@H](Oc2nccc3cc(OC)ccc23)CN1C(=O)[C@@H](NC(=O)OC(C)(C)C)C(C)(C)C)C(=O)NS(=O)(=O)OC1(COC)CC1.COCC1(OS(N)(=O)=O)CC1. The smallest absolute Gasteiger partial charge is 0.408 e. The monoisotopic (exact) mass is 956 g/mol. The molecule has 0 unspecified atom stereocenters. The lowest BCUT2D eigenvalue weighted by Gasteiger charge is -2.36. The molecule has 1 saturated heterocycles. The summed E-state index contributed by atoms with van der Waals surface area (Å²) >= 11 is 0. The predicted molar refractivity (Wildman–Crippen MR) is 235 cm³/mol. The molecule has 5 atom stereocenters. The highest BCUT2D eigenvalue weighted by atomic mass is 32.2. The number of benzene rings is 1. The number of aromatic nitrogens is 1. The molecule has 0 spiro atoms. The summed E-state index contributed by atoms with van der Waals surface area (Å²) in [5.41, 5.74) is -4.92. The van der Waals surface area contributed by atoms with Crippen LogP contribution in [-0.2, 0) is 57.6 Å². The van der Waals surface area contributed by atoms with E-state index in [2.05, 4.69) is 24.9 Å². The fraction of sp³-hybridized carbons (Fsp3) is 0.690. The molecule has 6 rings (SSSR count). The molecule has 1 aromatic heterocycles. The Hall–Kier alpha value is -4.39. The van der Waals surface area contributed by atoms with Crippen LogP contribution in [0.2, 0.25) is 0 Å². The van der Waals surface area contributed by atoms with Gasteiger partial charge in [-0.05, 0) is 93.9 Å². The van der Waals surface area contributed by atoms with Gasteiger partial charge in [0.05, 0.1) is 26.9 Å². The second kappa shape index (κ2) is 19.4. The van der Waals surface area contributed by atoms with E-state index in [1.807, 2.05) is 17.7 Å². The Balaban J connectivity index is 0.000000630. The Labute approximate surface area is 380 Å². The Bertz CT molecular complexity index is 2310. The molecule has 1 aliphatic heterocycles. The second-order valence-electron chi connectivity index (χ2n) is 19.2. The maximum atomic E-state index is 14.5. The highest BCUT2D eigenvalue weighted by molar-refractivity contribution is 7.85. The molecule has 5 N–H and O–H groups in total. The summed E-state index contributed by atoms with van der Waals surface area (Å²) in [4.78, 5) is 61.3. The fourth-order valence-electron chi connectivity index (χ4n) is 7.75. The van der Waals surface area contributed by atoms with Crippen molar-refractivity contribution in [1.82, 2.24) is 25.2 Å². The van der Waals surface area contributed by atoms with Gasteiger partial charge in [-0.25, -0.2) is 28.0 Å². The second-order valence-corrected chi connectivity index (χ2v) is 21.6. The van der Waals surface area contributed by atoms with Crippen LogP contribution in [0.3, 0.4) is 0 Å². The number of fused-ring (bicyclic) bond motifs is 1. The molecule has 23 heteroatoms. The molecule has 0 bridgehead atoms. The van der Waals surface area contributed by atoms with E-state index >= 15 is 0 Å². The van der Waals surface area contributed by atoms with Crippen LogP contribution >= 0.6 is 0 Å². The van der Waals surface area contributed by atoms with Crippen LogP contribution in [0.25, 0.3) is 10.8 Å². The summed E-state index contributed by atoms with van der Waals surface area (Å²) in [6.07, 6.45) is 2.97. The molecule has 1 aromatic carbocycles. The van der Waals surface area contributed by atoms with Gasteiger partial charge in [0, 0.05) is 32.2 Å². The van der Waals surface area contributed by atoms with Gasteiger partial charge in [0.25, 0.3) is 5.91 Å². The van der Waals surface area contributed by atoms with Gasteiger partial charge in [-0.15, -0.1) is 0 Å². The van der Waals surface area contributed by atoms with Crippen molar-refractivity contribution in [1.29, 1.82) is 0 Å². The predicted octanol–water partition coefficient (Wildman–Crippen LogP) is 2.76. The molecule has 65 heavy (non-hydrogen) atoms. The molecule has 4 aliphatic rings. The van der Waals surface area contributed by atoms with Crippen molar-refractivity contribution < 1.29 is 68.1 Å². The van der Waals surface area contributed by atoms with Crippen LogP contribution < -0.4 is 30.0 Å². The average molecular weight is 957 g/mol. The molecule has 4 amide bonds. The molecular formula is C42H64N6O15S2. The summed E-state index contributed by atoms with van der Waals surface area (Å²) in [6.45, 7) is 12.5. The average Bonchev–Trinajstić information content (AvgIpc) is 4.15. The maximum absolute atomic E-state index is 14.5. The standard InChI is InChI=1S/C37H53N5O11S.C5H11NO4S/c1-10-23-19-37(23,32(45)41-54(47,48)53-36(14-15-36)21-49-8)40-29(43)27-18-25(51-30-26-12-11-24(50-9)17-22(26)13-16-38-30)20-42(27)31(44)28(34(2,3)4)39-33(46)52-35(5,6)7;1-9-4-5(2-3-5)10-11(6,7)8/h11-13,16-17,23,25,27-28H,10,14-15,18-21H2,1-9H3,(H,39,46)(H,40,43)(H,41,45);2-4H2,1H3,(H2,6,7,8)/t23-,25-,27+,28-,37-;/m1./s1. The molecule has 3 aliphatic carbocycles. The van der Waals surface area contributed by atoms with Gasteiger partial charge in [0.2, 0.25) is 17.7 Å². The van der Waals surface area contributed by atoms with E-state index in [-0.39, 0.29) is 44.4 Å². The van der Waals surface area contributed by atoms with Crippen molar-refractivity contribution in [2.45, 2.75) is 134 Å². The first-order valence-electron chi connectivity index (χ1n) is 21.3. The third kappa shape index (κ3) is 13.6. The Morgan fingerprint density at radius 2 is 1.54 bits per heavy atom. The van der Waals surface area contributed by atoms with E-state index < -0.39 is 90.4 Å². The van der Waals surface area contributed by atoms with Gasteiger partial charge in [-0.1, -0.05) is 34.1 Å². The van der Waals surface area contributed by atoms with Gasteiger partial charge in [0.15, 0.2) is 0 Å². The molecule has 2 aromatic rings. The van der Waals surface area contributed by atoms with Gasteiger partial charge >= 0.3 is 26.7 Å². The van der Waals surface area contributed by atoms with Crippen LogP contribution in [0.5, 0.6) is 11.6 Å². The number of methoxy groups -OCH3 is 3. The number of carbonyl (C=O) groups is 4. The van der Waals surface area contributed by atoms with Crippen molar-refractivity contribution in [3.05, 3.63) is 30.5 Å². The number of pyridine rings is 1. The number of rotatable bonds is 18. The first-order valence-corrected chi connectivity index (χ1v) is 24.2. The van der Waals surface area contributed by atoms with Crippen molar-refractivity contribution >= 4 is 55.2 Å². The normalized spacial score (nSPS) is 23.6. The van der Waals surface area contributed by atoms with Crippen molar-refractivity contribution in [3.63, 3.8) is 0 Å². The largest absolute Gasteiger partial charge is 0.497 e. The molecule has 21 nitrogen and oxygen atoms in total. The van der Waals surface area contributed by atoms with E-state index in [4.69, 9.17) is 27.9 Å². The number of amides is 4. The Kier molecular flexibility index (Phi) is 15.4. The first-order chi connectivity index (χ1) is 30.1. The number of nitrogens with two attached hydrogens (primary N) is 1. The van der Waals surface area contributed by atoms with Gasteiger partial charge < -0.3 is 39.2 Å². The molecule has 364 valence electrons. The molecule has 4 fully saturated rings. The van der Waals surface area contributed by atoms with Crippen LogP contribution in [0.1, 0.15) is 93.4 Å². The summed E-state index contributed by atoms with van der Waals surface area (Å²) < 4.78 is 85.8. The lowest BCUT2D eigenvalue weighted by atomic mass is 9.85. The van der Waals surface area contributed by atoms with Crippen molar-refractivity contribution in [2.24, 2.45) is 16.5 Å². The Morgan fingerprint density at radius 1 is 0.923 bits per heavy atom. The lowest BCUT2D eigenvalue weighted by Crippen LogP contribution is -2.60. The lowest BCUT2D eigenvalue weighted by molar-refractivity contribution is -0.143. The maximum Gasteiger partial charge on any atom is 0.408 e. The number of nitrogens with zero attached hydrogens (tertiary/aromatic N) is 2. The number of hydrogen-bond acceptors (Lipinski definition) is 16. The summed E-state index contributed by atoms with van der Waals surface area (Å²) in [5, 5.41) is 11.7. The first kappa shape index (κ1) is 51.6. The van der Waals surface area contributed by atoms with Crippen molar-refractivity contribution in [3.8, 4) is 11.6 Å². The van der Waals surface area contributed by atoms with E-state index in [0.29, 0.717) is 43.2 Å². The van der Waals surface area contributed by atoms with Crippen LogP contribution in [-0.4, -0.2) is 132 Å². The topological polar surface area (TPSA) is 279 Å². The molecule has 2 heterocycles. The fourth-order valence-corrected chi connectivity index (χ4v) is 9.59. The zero-order valence-electron chi connectivity index (χ0n) is 38.7. The van der Waals surface area contributed by atoms with Crippen LogP contribution in [0.4, 0.5) is 4.79 Å². The van der Waals surface area contributed by atoms with E-state index in [0.717, 1.165) is 5.39 Å². The molecule has 3 saturated carbocycles. The van der Waals surface area contributed by atoms with Gasteiger partial charge in [-0.3, -0.25) is 14.4 Å². The number of hydrogen-bond donors (Lipinski definition) is 4. The highest BCUT2D eigenvalue weighted by Crippen LogP contribution is 2.47. The molecule has 0 radical (unpaired) electrons. The number of ether oxygens (including phenoxy) is 5. The zero-order chi connectivity index (χ0) is 48.4. The molecular weight excluding hydrogens is 893 g/mol. The van der Waals surface area contributed by atoms with E-state index in [1.165, 1.54) is 19.1 Å². The third-order valence-corrected chi connectivity index (χ3v) is 13.0. The number of likely N-dealkylation sites (tertiary alicyclic amines) is 1. The third-order valence-electron chi connectivity index (χ3n) is 11.4. The van der Waals surface area contributed by atoms with Crippen LogP contribution in [0.15, 0.2) is 30.5 Å². The number of alkyl carbamates (subject to hydrolysis) is 1. The summed E-state index contributed by atoms with van der Waals surface area (Å²) in [5.74, 6) is -1.64. The number of carbonyl (C=O) groups excluding carboxylic acids is 4. The van der Waals surface area contributed by atoms with E-state index in [1.54, 1.807) is 73.0 Å². The van der Waals surface area contributed by atoms with Crippen LogP contribution in [0, 0.1) is 11.3 Å². The minimum absolute atomic E-state index is 0.00450. The Morgan fingerprint density at radius 3 is 2.05 bits per heavy atom.